The minimum atomic E-state index is -0.684. The number of piperazine rings is 1. The highest BCUT2D eigenvalue weighted by molar-refractivity contribution is 6.39. The van der Waals surface area contributed by atoms with Crippen molar-refractivity contribution in [2.75, 3.05) is 44.6 Å². The second-order valence-electron chi connectivity index (χ2n) is 4.86. The number of hydrogen-bond donors (Lipinski definition) is 3. The predicted molar refractivity (Wildman–Crippen MR) is 76.8 cm³/mol. The molecule has 0 radical (unpaired) electrons. The fourth-order valence-electron chi connectivity index (χ4n) is 2.19. The van der Waals surface area contributed by atoms with Crippen LogP contribution in [-0.4, -0.2) is 71.2 Å². The standard InChI is InChI=1S/C14H19N3O4/c18-10-9-16-5-7-17(8-6-16)14(21)13(20)15-11-1-3-12(19)4-2-11/h1-4,18-19H,5-10H2,(H,15,20). The number of aliphatic hydroxyl groups excluding tert-OH is 1. The molecule has 2 rings (SSSR count). The molecule has 21 heavy (non-hydrogen) atoms. The Hall–Kier alpha value is -2.12. The maximum atomic E-state index is 12.0. The van der Waals surface area contributed by atoms with Gasteiger partial charge in [0.25, 0.3) is 0 Å². The Morgan fingerprint density at radius 2 is 1.71 bits per heavy atom. The zero-order chi connectivity index (χ0) is 15.2. The summed E-state index contributed by atoms with van der Waals surface area (Å²) in [5.74, 6) is -1.15. The maximum absolute atomic E-state index is 12.0. The fraction of sp³-hybridized carbons (Fsp3) is 0.429. The summed E-state index contributed by atoms with van der Waals surface area (Å²) in [5, 5.41) is 20.5. The van der Waals surface area contributed by atoms with Crippen LogP contribution in [0.15, 0.2) is 24.3 Å². The number of rotatable bonds is 3. The number of aromatic hydroxyl groups is 1. The van der Waals surface area contributed by atoms with Crippen molar-refractivity contribution in [3.8, 4) is 5.75 Å². The van der Waals surface area contributed by atoms with Gasteiger partial charge in [-0.2, -0.15) is 0 Å². The molecule has 0 saturated carbocycles. The third-order valence-corrected chi connectivity index (χ3v) is 3.40. The van der Waals surface area contributed by atoms with E-state index in [1.807, 2.05) is 4.90 Å². The van der Waals surface area contributed by atoms with E-state index in [-0.39, 0.29) is 12.4 Å². The van der Waals surface area contributed by atoms with Crippen LogP contribution in [0.2, 0.25) is 0 Å². The van der Waals surface area contributed by atoms with Crippen LogP contribution in [0.5, 0.6) is 5.75 Å². The molecular formula is C14H19N3O4. The highest BCUT2D eigenvalue weighted by Gasteiger charge is 2.25. The molecule has 0 atom stereocenters. The molecular weight excluding hydrogens is 274 g/mol. The predicted octanol–water partition coefficient (Wildman–Crippen LogP) is -0.533. The Kier molecular flexibility index (Phi) is 5.13. The van der Waals surface area contributed by atoms with Gasteiger partial charge in [0.15, 0.2) is 0 Å². The lowest BCUT2D eigenvalue weighted by Crippen LogP contribution is -2.52. The minimum absolute atomic E-state index is 0.0925. The molecule has 7 heteroatoms. The number of carbonyl (C=O) groups is 2. The van der Waals surface area contributed by atoms with Crippen molar-refractivity contribution in [1.82, 2.24) is 9.80 Å². The Morgan fingerprint density at radius 1 is 1.10 bits per heavy atom. The van der Waals surface area contributed by atoms with Gasteiger partial charge in [0, 0.05) is 38.4 Å². The third kappa shape index (κ3) is 4.17. The lowest BCUT2D eigenvalue weighted by atomic mass is 10.2. The zero-order valence-corrected chi connectivity index (χ0v) is 11.7. The molecule has 1 aliphatic heterocycles. The smallest absolute Gasteiger partial charge is 0.313 e. The average Bonchev–Trinajstić information content (AvgIpc) is 2.50. The number of aliphatic hydroxyl groups is 1. The van der Waals surface area contributed by atoms with Gasteiger partial charge < -0.3 is 20.4 Å². The molecule has 0 aliphatic carbocycles. The SMILES string of the molecule is O=C(Nc1ccc(O)cc1)C(=O)N1CCN(CCO)CC1. The van der Waals surface area contributed by atoms with Gasteiger partial charge in [0.1, 0.15) is 5.75 Å². The molecule has 1 aromatic carbocycles. The maximum Gasteiger partial charge on any atom is 0.313 e. The molecule has 114 valence electrons. The molecule has 2 amide bonds. The first-order valence-corrected chi connectivity index (χ1v) is 6.82. The first-order valence-electron chi connectivity index (χ1n) is 6.82. The number of benzene rings is 1. The second-order valence-corrected chi connectivity index (χ2v) is 4.86. The van der Waals surface area contributed by atoms with E-state index in [1.54, 1.807) is 0 Å². The fourth-order valence-corrected chi connectivity index (χ4v) is 2.19. The van der Waals surface area contributed by atoms with Gasteiger partial charge in [-0.1, -0.05) is 0 Å². The van der Waals surface area contributed by atoms with Crippen molar-refractivity contribution in [3.63, 3.8) is 0 Å². The van der Waals surface area contributed by atoms with Crippen molar-refractivity contribution in [2.24, 2.45) is 0 Å². The molecule has 1 aliphatic rings. The summed E-state index contributed by atoms with van der Waals surface area (Å²) in [7, 11) is 0. The Morgan fingerprint density at radius 3 is 2.29 bits per heavy atom. The molecule has 1 fully saturated rings. The van der Waals surface area contributed by atoms with Gasteiger partial charge in [0.2, 0.25) is 0 Å². The first-order chi connectivity index (χ1) is 10.1. The number of nitrogens with zero attached hydrogens (tertiary/aromatic N) is 2. The summed E-state index contributed by atoms with van der Waals surface area (Å²) in [6.45, 7) is 2.93. The normalized spacial score (nSPS) is 15.8. The van der Waals surface area contributed by atoms with Crippen molar-refractivity contribution >= 4 is 17.5 Å². The Balaban J connectivity index is 1.85. The number of carbonyl (C=O) groups excluding carboxylic acids is 2. The van der Waals surface area contributed by atoms with E-state index in [1.165, 1.54) is 29.2 Å². The van der Waals surface area contributed by atoms with Crippen molar-refractivity contribution < 1.29 is 19.8 Å². The number of β-amino-alcohol motifs (C(OH)–C–C–N with tert-alkyl or cyclic N) is 1. The van der Waals surface area contributed by atoms with Gasteiger partial charge >= 0.3 is 11.8 Å². The average molecular weight is 293 g/mol. The van der Waals surface area contributed by atoms with Gasteiger partial charge in [-0.05, 0) is 24.3 Å². The van der Waals surface area contributed by atoms with E-state index in [4.69, 9.17) is 10.2 Å². The summed E-state index contributed by atoms with van der Waals surface area (Å²) >= 11 is 0. The highest BCUT2D eigenvalue weighted by atomic mass is 16.3. The van der Waals surface area contributed by atoms with Crippen LogP contribution in [-0.2, 0) is 9.59 Å². The number of phenols is 1. The van der Waals surface area contributed by atoms with E-state index in [0.717, 1.165) is 0 Å². The summed E-state index contributed by atoms with van der Waals surface area (Å²) < 4.78 is 0. The van der Waals surface area contributed by atoms with E-state index >= 15 is 0 Å². The number of anilines is 1. The lowest BCUT2D eigenvalue weighted by Gasteiger charge is -2.33. The molecule has 1 aromatic rings. The molecule has 0 unspecified atom stereocenters. The molecule has 0 spiro atoms. The van der Waals surface area contributed by atoms with Crippen LogP contribution in [0, 0.1) is 0 Å². The number of phenolic OH excluding ortho intramolecular Hbond substituents is 1. The number of amides is 2. The topological polar surface area (TPSA) is 93.1 Å². The molecule has 1 saturated heterocycles. The van der Waals surface area contributed by atoms with E-state index in [0.29, 0.717) is 38.4 Å². The Labute approximate surface area is 122 Å². The summed E-state index contributed by atoms with van der Waals surface area (Å²) in [4.78, 5) is 27.5. The third-order valence-electron chi connectivity index (χ3n) is 3.40. The van der Waals surface area contributed by atoms with Crippen LogP contribution in [0.4, 0.5) is 5.69 Å². The minimum Gasteiger partial charge on any atom is -0.508 e. The molecule has 0 bridgehead atoms. The largest absolute Gasteiger partial charge is 0.508 e. The summed E-state index contributed by atoms with van der Waals surface area (Å²) in [6.07, 6.45) is 0. The van der Waals surface area contributed by atoms with E-state index in [9.17, 15) is 9.59 Å². The highest BCUT2D eigenvalue weighted by Crippen LogP contribution is 2.14. The molecule has 0 aromatic heterocycles. The number of hydrogen-bond acceptors (Lipinski definition) is 5. The van der Waals surface area contributed by atoms with Crippen LogP contribution in [0.1, 0.15) is 0 Å². The summed E-state index contributed by atoms with van der Waals surface area (Å²) in [6, 6.07) is 5.93. The van der Waals surface area contributed by atoms with Gasteiger partial charge in [0.05, 0.1) is 6.61 Å². The van der Waals surface area contributed by atoms with E-state index < -0.39 is 11.8 Å². The molecule has 3 N–H and O–H groups in total. The van der Waals surface area contributed by atoms with E-state index in [2.05, 4.69) is 5.32 Å². The zero-order valence-electron chi connectivity index (χ0n) is 11.7. The van der Waals surface area contributed by atoms with Crippen LogP contribution < -0.4 is 5.32 Å². The monoisotopic (exact) mass is 293 g/mol. The van der Waals surface area contributed by atoms with Crippen molar-refractivity contribution in [1.29, 1.82) is 0 Å². The first kappa shape index (κ1) is 15.3. The second kappa shape index (κ2) is 7.05. The van der Waals surface area contributed by atoms with Gasteiger partial charge in [-0.25, -0.2) is 0 Å². The van der Waals surface area contributed by atoms with Crippen LogP contribution in [0.25, 0.3) is 0 Å². The molecule has 7 nitrogen and oxygen atoms in total. The van der Waals surface area contributed by atoms with Crippen molar-refractivity contribution in [3.05, 3.63) is 24.3 Å². The lowest BCUT2D eigenvalue weighted by molar-refractivity contribution is -0.144. The number of nitrogens with one attached hydrogen (secondary N) is 1. The molecule has 1 heterocycles. The summed E-state index contributed by atoms with van der Waals surface area (Å²) in [5.41, 5.74) is 0.463. The van der Waals surface area contributed by atoms with Gasteiger partial charge in [-0.15, -0.1) is 0 Å². The van der Waals surface area contributed by atoms with Gasteiger partial charge in [-0.3, -0.25) is 14.5 Å². The van der Waals surface area contributed by atoms with Crippen molar-refractivity contribution in [2.45, 2.75) is 0 Å². The van der Waals surface area contributed by atoms with Crippen LogP contribution in [0.3, 0.4) is 0 Å². The quantitative estimate of drug-likeness (QED) is 0.514. The Bertz CT molecular complexity index is 495. The van der Waals surface area contributed by atoms with Crippen LogP contribution >= 0.6 is 0 Å².